The average Bonchev–Trinajstić information content (AvgIpc) is 2.58. The largest absolute Gasteiger partial charge is 0.507 e. The van der Waals surface area contributed by atoms with E-state index in [2.05, 4.69) is 4.90 Å². The van der Waals surface area contributed by atoms with Gasteiger partial charge in [-0.3, -0.25) is 4.79 Å². The lowest BCUT2D eigenvalue weighted by Crippen LogP contribution is -2.53. The zero-order valence-electron chi connectivity index (χ0n) is 15.6. The van der Waals surface area contributed by atoms with E-state index in [1.54, 1.807) is 25.7 Å². The van der Waals surface area contributed by atoms with Crippen LogP contribution >= 0.6 is 0 Å². The quantitative estimate of drug-likeness (QED) is 0.722. The summed E-state index contributed by atoms with van der Waals surface area (Å²) in [4.78, 5) is 16.4. The predicted octanol–water partition coefficient (Wildman–Crippen LogP) is 1.56. The Morgan fingerprint density at radius 1 is 1.00 bits per heavy atom. The van der Waals surface area contributed by atoms with Crippen molar-refractivity contribution in [3.8, 4) is 11.5 Å². The second-order valence-electron chi connectivity index (χ2n) is 7.06. The van der Waals surface area contributed by atoms with Crippen molar-refractivity contribution in [1.29, 1.82) is 0 Å². The van der Waals surface area contributed by atoms with E-state index in [1.165, 1.54) is 19.1 Å². The average molecular weight is 348 g/mol. The molecule has 0 spiro atoms. The smallest absolute Gasteiger partial charge is 0.258 e. The van der Waals surface area contributed by atoms with Crippen LogP contribution in [0.2, 0.25) is 0 Å². The minimum absolute atomic E-state index is 0.0481. The number of nitrogens with zero attached hydrogens (tertiary/aromatic N) is 2. The first-order chi connectivity index (χ1) is 11.6. The van der Waals surface area contributed by atoms with E-state index in [9.17, 15) is 20.1 Å². The predicted molar refractivity (Wildman–Crippen MR) is 97.7 cm³/mol. The molecule has 0 aromatic heterocycles. The van der Waals surface area contributed by atoms with Gasteiger partial charge >= 0.3 is 0 Å². The number of piperazine rings is 1. The number of amides is 1. The van der Waals surface area contributed by atoms with Gasteiger partial charge in [-0.25, -0.2) is 0 Å². The number of hydrogen-bond donors (Lipinski definition) is 3. The molecule has 6 heteroatoms. The number of carbonyl (C=O) groups excluding carboxylic acids is 1. The van der Waals surface area contributed by atoms with Crippen molar-refractivity contribution in [2.24, 2.45) is 0 Å². The summed E-state index contributed by atoms with van der Waals surface area (Å²) in [7, 11) is 2.00. The van der Waals surface area contributed by atoms with Crippen molar-refractivity contribution in [2.75, 3.05) is 33.2 Å². The highest BCUT2D eigenvalue weighted by atomic mass is 16.3. The van der Waals surface area contributed by atoms with Gasteiger partial charge in [0.1, 0.15) is 11.5 Å². The number of benzene rings is 1. The summed E-state index contributed by atoms with van der Waals surface area (Å²) in [5.74, 6) is -0.200. The molecule has 0 radical (unpaired) electrons. The standard InChI is InChI=1S/C19H28N2O4/c1-12-13(2)17(23)15(14(3)16(12)22)6-7-19(4,25)18(24)21-10-8-20(5)9-11-21/h6-7,22-23,25H,8-11H2,1-5H3. The number of aromatic hydroxyl groups is 2. The lowest BCUT2D eigenvalue weighted by molar-refractivity contribution is -0.146. The zero-order chi connectivity index (χ0) is 18.9. The monoisotopic (exact) mass is 348 g/mol. The Labute approximate surface area is 149 Å². The zero-order valence-corrected chi connectivity index (χ0v) is 15.6. The van der Waals surface area contributed by atoms with Gasteiger partial charge in [0.2, 0.25) is 0 Å². The summed E-state index contributed by atoms with van der Waals surface area (Å²) in [6.45, 7) is 9.29. The molecule has 0 aliphatic carbocycles. The van der Waals surface area contributed by atoms with Crippen LogP contribution in [0.5, 0.6) is 11.5 Å². The summed E-state index contributed by atoms with van der Waals surface area (Å²) in [6.07, 6.45) is 2.88. The van der Waals surface area contributed by atoms with Crippen LogP contribution in [0.4, 0.5) is 0 Å². The molecule has 3 N–H and O–H groups in total. The highest BCUT2D eigenvalue weighted by Gasteiger charge is 2.33. The number of aliphatic hydroxyl groups is 1. The van der Waals surface area contributed by atoms with Gasteiger partial charge in [-0.05, 0) is 51.9 Å². The molecule has 2 rings (SSSR count). The first kappa shape index (κ1) is 19.3. The van der Waals surface area contributed by atoms with Crippen molar-refractivity contribution >= 4 is 12.0 Å². The molecule has 0 bridgehead atoms. The molecule has 1 unspecified atom stereocenters. The molecule has 1 aliphatic heterocycles. The third-order valence-electron chi connectivity index (χ3n) is 5.09. The maximum atomic E-state index is 12.6. The van der Waals surface area contributed by atoms with Gasteiger partial charge in [-0.15, -0.1) is 0 Å². The van der Waals surface area contributed by atoms with E-state index in [-0.39, 0.29) is 17.4 Å². The van der Waals surface area contributed by atoms with Crippen LogP contribution in [0.15, 0.2) is 6.08 Å². The van der Waals surface area contributed by atoms with Crippen molar-refractivity contribution in [3.05, 3.63) is 28.3 Å². The highest BCUT2D eigenvalue weighted by Crippen LogP contribution is 2.37. The first-order valence-corrected chi connectivity index (χ1v) is 8.47. The Morgan fingerprint density at radius 2 is 1.52 bits per heavy atom. The molecule has 1 saturated heterocycles. The third kappa shape index (κ3) is 3.80. The molecular formula is C19H28N2O4. The minimum Gasteiger partial charge on any atom is -0.507 e. The van der Waals surface area contributed by atoms with Crippen molar-refractivity contribution in [3.63, 3.8) is 0 Å². The Balaban J connectivity index is 2.27. The lowest BCUT2D eigenvalue weighted by atomic mass is 9.95. The van der Waals surface area contributed by atoms with Crippen LogP contribution < -0.4 is 0 Å². The van der Waals surface area contributed by atoms with Gasteiger partial charge in [0.25, 0.3) is 5.91 Å². The van der Waals surface area contributed by atoms with E-state index in [1.807, 2.05) is 7.05 Å². The number of hydrogen-bond acceptors (Lipinski definition) is 5. The van der Waals surface area contributed by atoms with E-state index < -0.39 is 5.60 Å². The summed E-state index contributed by atoms with van der Waals surface area (Å²) < 4.78 is 0. The van der Waals surface area contributed by atoms with E-state index in [0.29, 0.717) is 35.3 Å². The molecular weight excluding hydrogens is 320 g/mol. The van der Waals surface area contributed by atoms with Crippen LogP contribution in [-0.2, 0) is 4.79 Å². The molecule has 1 aromatic rings. The van der Waals surface area contributed by atoms with E-state index in [4.69, 9.17) is 0 Å². The summed E-state index contributed by atoms with van der Waals surface area (Å²) in [6, 6.07) is 0. The van der Waals surface area contributed by atoms with Crippen molar-refractivity contribution < 1.29 is 20.1 Å². The van der Waals surface area contributed by atoms with E-state index >= 15 is 0 Å². The Hall–Kier alpha value is -2.05. The van der Waals surface area contributed by atoms with Crippen LogP contribution in [-0.4, -0.2) is 69.9 Å². The van der Waals surface area contributed by atoms with Crippen LogP contribution in [0.3, 0.4) is 0 Å². The summed E-state index contributed by atoms with van der Waals surface area (Å²) in [5.41, 5.74) is 0.440. The molecule has 25 heavy (non-hydrogen) atoms. The molecule has 1 atom stereocenters. The normalized spacial score (nSPS) is 18.6. The Morgan fingerprint density at radius 3 is 2.08 bits per heavy atom. The second-order valence-corrected chi connectivity index (χ2v) is 7.06. The molecule has 1 aromatic carbocycles. The van der Waals surface area contributed by atoms with Gasteiger partial charge in [-0.2, -0.15) is 0 Å². The van der Waals surface area contributed by atoms with E-state index in [0.717, 1.165) is 13.1 Å². The summed E-state index contributed by atoms with van der Waals surface area (Å²) >= 11 is 0. The molecule has 1 aliphatic rings. The van der Waals surface area contributed by atoms with Crippen LogP contribution in [0.1, 0.15) is 29.2 Å². The topological polar surface area (TPSA) is 84.2 Å². The SMILES string of the molecule is Cc1c(C)c(O)c(C=CC(C)(O)C(=O)N2CCN(C)CC2)c(C)c1O. The molecule has 1 heterocycles. The second kappa shape index (κ2) is 7.06. The number of rotatable bonds is 3. The van der Waals surface area contributed by atoms with Crippen LogP contribution in [0.25, 0.3) is 6.08 Å². The number of likely N-dealkylation sites (N-methyl/N-ethyl adjacent to an activating group) is 1. The number of carbonyl (C=O) groups is 1. The molecule has 6 nitrogen and oxygen atoms in total. The fourth-order valence-corrected chi connectivity index (χ4v) is 2.99. The van der Waals surface area contributed by atoms with Crippen molar-refractivity contribution in [1.82, 2.24) is 9.80 Å². The van der Waals surface area contributed by atoms with Crippen molar-refractivity contribution in [2.45, 2.75) is 33.3 Å². The molecule has 1 amide bonds. The fraction of sp³-hybridized carbons (Fsp3) is 0.526. The lowest BCUT2D eigenvalue weighted by Gasteiger charge is -2.35. The van der Waals surface area contributed by atoms with Crippen LogP contribution in [0, 0.1) is 20.8 Å². The summed E-state index contributed by atoms with van der Waals surface area (Å²) in [5, 5.41) is 31.1. The third-order valence-corrected chi connectivity index (χ3v) is 5.09. The Bertz CT molecular complexity index is 673. The Kier molecular flexibility index (Phi) is 5.44. The number of phenolic OH excluding ortho intramolecular Hbond substituents is 2. The van der Waals surface area contributed by atoms with Gasteiger partial charge < -0.3 is 25.1 Å². The molecule has 138 valence electrons. The molecule has 0 saturated carbocycles. The maximum absolute atomic E-state index is 12.6. The minimum atomic E-state index is -1.68. The van der Waals surface area contributed by atoms with Gasteiger partial charge in [0.15, 0.2) is 5.60 Å². The molecule has 1 fully saturated rings. The maximum Gasteiger partial charge on any atom is 0.258 e. The van der Waals surface area contributed by atoms with Gasteiger partial charge in [0, 0.05) is 37.3 Å². The highest BCUT2D eigenvalue weighted by molar-refractivity contribution is 5.88. The first-order valence-electron chi connectivity index (χ1n) is 8.47. The van der Waals surface area contributed by atoms with Gasteiger partial charge in [0.05, 0.1) is 0 Å². The fourth-order valence-electron chi connectivity index (χ4n) is 2.99. The van der Waals surface area contributed by atoms with Gasteiger partial charge in [-0.1, -0.05) is 6.08 Å². The number of phenols is 2.